The van der Waals surface area contributed by atoms with Crippen molar-refractivity contribution in [1.29, 1.82) is 0 Å². The number of ketones is 1. The molecule has 1 atom stereocenters. The molecule has 68 valence electrons. The standard InChI is InChI=1S/C10H9ClOS/c1-6-10(12)9-4-8(11)3-2-7(9)5-13-6/h2-4,6H,5H2,1H3. The minimum atomic E-state index is 0.0750. The van der Waals surface area contributed by atoms with Gasteiger partial charge in [0.1, 0.15) is 0 Å². The third-order valence-corrected chi connectivity index (χ3v) is 3.62. The summed E-state index contributed by atoms with van der Waals surface area (Å²) < 4.78 is 0. The van der Waals surface area contributed by atoms with Crippen LogP contribution < -0.4 is 0 Å². The van der Waals surface area contributed by atoms with Gasteiger partial charge < -0.3 is 0 Å². The summed E-state index contributed by atoms with van der Waals surface area (Å²) in [4.78, 5) is 11.7. The van der Waals surface area contributed by atoms with Gasteiger partial charge in [-0.3, -0.25) is 4.79 Å². The number of hydrogen-bond donors (Lipinski definition) is 0. The average molecular weight is 213 g/mol. The number of Topliss-reactive ketones (excluding diaryl/α,β-unsaturated/α-hetero) is 1. The Balaban J connectivity index is 2.51. The van der Waals surface area contributed by atoms with Gasteiger partial charge in [-0.15, -0.1) is 11.8 Å². The molecule has 13 heavy (non-hydrogen) atoms. The largest absolute Gasteiger partial charge is 0.293 e. The van der Waals surface area contributed by atoms with Crippen LogP contribution in [0.15, 0.2) is 18.2 Å². The van der Waals surface area contributed by atoms with Crippen molar-refractivity contribution in [3.63, 3.8) is 0 Å². The number of carbonyl (C=O) groups excluding carboxylic acids is 1. The molecule has 1 aromatic rings. The Bertz CT molecular complexity index is 362. The highest BCUT2D eigenvalue weighted by molar-refractivity contribution is 8.00. The Morgan fingerprint density at radius 1 is 1.54 bits per heavy atom. The van der Waals surface area contributed by atoms with Crippen molar-refractivity contribution in [3.05, 3.63) is 34.3 Å². The van der Waals surface area contributed by atoms with Crippen LogP contribution in [0.2, 0.25) is 5.02 Å². The molecule has 1 nitrogen and oxygen atoms in total. The van der Waals surface area contributed by atoms with E-state index in [0.717, 1.165) is 16.9 Å². The number of rotatable bonds is 0. The van der Waals surface area contributed by atoms with Gasteiger partial charge in [0.05, 0.1) is 5.25 Å². The van der Waals surface area contributed by atoms with E-state index in [2.05, 4.69) is 0 Å². The molecule has 0 N–H and O–H groups in total. The van der Waals surface area contributed by atoms with Crippen LogP contribution in [-0.4, -0.2) is 11.0 Å². The fourth-order valence-corrected chi connectivity index (χ4v) is 2.55. The molecule has 1 heterocycles. The normalized spacial score (nSPS) is 21.4. The first-order chi connectivity index (χ1) is 6.18. The van der Waals surface area contributed by atoms with Crippen LogP contribution in [0.4, 0.5) is 0 Å². The second kappa shape index (κ2) is 3.35. The van der Waals surface area contributed by atoms with Crippen molar-refractivity contribution >= 4 is 29.1 Å². The third kappa shape index (κ3) is 1.61. The van der Waals surface area contributed by atoms with Crippen molar-refractivity contribution in [2.24, 2.45) is 0 Å². The summed E-state index contributed by atoms with van der Waals surface area (Å²) >= 11 is 7.51. The topological polar surface area (TPSA) is 17.1 Å². The van der Waals surface area contributed by atoms with Gasteiger partial charge in [-0.1, -0.05) is 17.7 Å². The van der Waals surface area contributed by atoms with Gasteiger partial charge in [0, 0.05) is 16.3 Å². The molecule has 3 heteroatoms. The SMILES string of the molecule is CC1SCc2ccc(Cl)cc2C1=O. The Hall–Kier alpha value is -0.470. The van der Waals surface area contributed by atoms with E-state index in [0.29, 0.717) is 5.02 Å². The van der Waals surface area contributed by atoms with Crippen LogP contribution in [0.3, 0.4) is 0 Å². The van der Waals surface area contributed by atoms with Gasteiger partial charge >= 0.3 is 0 Å². The molecule has 0 spiro atoms. The zero-order chi connectivity index (χ0) is 9.42. The van der Waals surface area contributed by atoms with Gasteiger partial charge in [-0.05, 0) is 24.6 Å². The van der Waals surface area contributed by atoms with E-state index in [-0.39, 0.29) is 11.0 Å². The van der Waals surface area contributed by atoms with Gasteiger partial charge in [-0.25, -0.2) is 0 Å². The molecule has 0 bridgehead atoms. The van der Waals surface area contributed by atoms with E-state index in [1.165, 1.54) is 0 Å². The molecule has 0 aromatic heterocycles. The highest BCUT2D eigenvalue weighted by atomic mass is 35.5. The predicted octanol–water partition coefficient (Wildman–Crippen LogP) is 3.16. The van der Waals surface area contributed by atoms with Crippen LogP contribution in [-0.2, 0) is 5.75 Å². The van der Waals surface area contributed by atoms with E-state index in [4.69, 9.17) is 11.6 Å². The van der Waals surface area contributed by atoms with Crippen LogP contribution in [0.5, 0.6) is 0 Å². The molecule has 2 rings (SSSR count). The Kier molecular flexibility index (Phi) is 2.35. The molecule has 0 saturated carbocycles. The molecule has 0 fully saturated rings. The predicted molar refractivity (Wildman–Crippen MR) is 56.5 cm³/mol. The molecule has 1 aromatic carbocycles. The summed E-state index contributed by atoms with van der Waals surface area (Å²) in [7, 11) is 0. The lowest BCUT2D eigenvalue weighted by molar-refractivity contribution is 0.0991. The molecule has 0 radical (unpaired) electrons. The number of thioether (sulfide) groups is 1. The molecule has 0 aliphatic carbocycles. The maximum atomic E-state index is 11.7. The van der Waals surface area contributed by atoms with Crippen molar-refractivity contribution in [2.75, 3.05) is 0 Å². The fraction of sp³-hybridized carbons (Fsp3) is 0.300. The molecule has 1 aliphatic heterocycles. The maximum absolute atomic E-state index is 11.7. The highest BCUT2D eigenvalue weighted by Crippen LogP contribution is 2.31. The van der Waals surface area contributed by atoms with Gasteiger partial charge in [0.15, 0.2) is 5.78 Å². The van der Waals surface area contributed by atoms with E-state index >= 15 is 0 Å². The summed E-state index contributed by atoms with van der Waals surface area (Å²) in [5.74, 6) is 1.12. The molecule has 0 amide bonds. The van der Waals surface area contributed by atoms with E-state index in [9.17, 15) is 4.79 Å². The lowest BCUT2D eigenvalue weighted by atomic mass is 10.0. The number of carbonyl (C=O) groups is 1. The quantitative estimate of drug-likeness (QED) is 0.657. The summed E-state index contributed by atoms with van der Waals surface area (Å²) in [5, 5.41) is 0.720. The zero-order valence-electron chi connectivity index (χ0n) is 7.21. The first kappa shape index (κ1) is 9.10. The van der Waals surface area contributed by atoms with Crippen molar-refractivity contribution in [2.45, 2.75) is 17.9 Å². The lowest BCUT2D eigenvalue weighted by Crippen LogP contribution is -2.20. The van der Waals surface area contributed by atoms with Crippen LogP contribution in [0.1, 0.15) is 22.8 Å². The Labute approximate surface area is 86.5 Å². The number of hydrogen-bond acceptors (Lipinski definition) is 2. The molecular formula is C10H9ClOS. The minimum absolute atomic E-state index is 0.0750. The zero-order valence-corrected chi connectivity index (χ0v) is 8.78. The molecular weight excluding hydrogens is 204 g/mol. The van der Waals surface area contributed by atoms with Gasteiger partial charge in [-0.2, -0.15) is 0 Å². The first-order valence-corrected chi connectivity index (χ1v) is 5.55. The number of benzene rings is 1. The second-order valence-corrected chi connectivity index (χ2v) is 4.88. The highest BCUT2D eigenvalue weighted by Gasteiger charge is 2.24. The molecule has 0 saturated heterocycles. The van der Waals surface area contributed by atoms with Crippen molar-refractivity contribution in [3.8, 4) is 0 Å². The summed E-state index contributed by atoms with van der Waals surface area (Å²) in [6, 6.07) is 5.55. The van der Waals surface area contributed by atoms with Gasteiger partial charge in [0.2, 0.25) is 0 Å². The lowest BCUT2D eigenvalue weighted by Gasteiger charge is -2.19. The maximum Gasteiger partial charge on any atom is 0.175 e. The first-order valence-electron chi connectivity index (χ1n) is 4.13. The summed E-state index contributed by atoms with van der Waals surface area (Å²) in [6.07, 6.45) is 0. The van der Waals surface area contributed by atoms with Gasteiger partial charge in [0.25, 0.3) is 0 Å². The van der Waals surface area contributed by atoms with E-state index in [1.807, 2.05) is 19.1 Å². The Morgan fingerprint density at radius 2 is 2.31 bits per heavy atom. The van der Waals surface area contributed by atoms with Crippen molar-refractivity contribution < 1.29 is 4.79 Å². The molecule has 1 unspecified atom stereocenters. The van der Waals surface area contributed by atoms with E-state index < -0.39 is 0 Å². The Morgan fingerprint density at radius 3 is 3.08 bits per heavy atom. The van der Waals surface area contributed by atoms with Crippen LogP contribution in [0.25, 0.3) is 0 Å². The summed E-state index contributed by atoms with van der Waals surface area (Å²) in [6.45, 7) is 1.94. The number of halogens is 1. The summed E-state index contributed by atoms with van der Waals surface area (Å²) in [5.41, 5.74) is 1.91. The molecule has 1 aliphatic rings. The van der Waals surface area contributed by atoms with Crippen LogP contribution in [0, 0.1) is 0 Å². The third-order valence-electron chi connectivity index (χ3n) is 2.20. The fourth-order valence-electron chi connectivity index (χ4n) is 1.41. The minimum Gasteiger partial charge on any atom is -0.293 e. The number of fused-ring (bicyclic) bond motifs is 1. The smallest absolute Gasteiger partial charge is 0.175 e. The monoisotopic (exact) mass is 212 g/mol. The average Bonchev–Trinajstić information content (AvgIpc) is 2.12. The second-order valence-electron chi connectivity index (χ2n) is 3.12. The van der Waals surface area contributed by atoms with Crippen molar-refractivity contribution in [1.82, 2.24) is 0 Å². The van der Waals surface area contributed by atoms with E-state index in [1.54, 1.807) is 17.8 Å². The van der Waals surface area contributed by atoms with Crippen LogP contribution >= 0.6 is 23.4 Å².